The highest BCUT2D eigenvalue weighted by molar-refractivity contribution is 6.39. The molecule has 1 atom stereocenters. The maximum atomic E-state index is 12.7. The molecule has 49 heavy (non-hydrogen) atoms. The van der Waals surface area contributed by atoms with Crippen molar-refractivity contribution >= 4 is 46.3 Å². The fourth-order valence-corrected chi connectivity index (χ4v) is 6.39. The molecular formula is C37H44Cl2N4O6. The highest BCUT2D eigenvalue weighted by Crippen LogP contribution is 2.33. The van der Waals surface area contributed by atoms with E-state index in [1.165, 1.54) is 5.56 Å². The van der Waals surface area contributed by atoms with Crippen molar-refractivity contribution in [3.05, 3.63) is 85.9 Å². The van der Waals surface area contributed by atoms with E-state index in [1.807, 2.05) is 62.7 Å². The van der Waals surface area contributed by atoms with E-state index in [1.54, 1.807) is 37.8 Å². The molecule has 0 radical (unpaired) electrons. The van der Waals surface area contributed by atoms with E-state index in [-0.39, 0.29) is 21.7 Å². The fourth-order valence-electron chi connectivity index (χ4n) is 5.76. The average Bonchev–Trinajstić information content (AvgIpc) is 3.42. The molecule has 0 fully saturated rings. The van der Waals surface area contributed by atoms with Gasteiger partial charge < -0.3 is 24.2 Å². The van der Waals surface area contributed by atoms with Gasteiger partial charge in [-0.15, -0.1) is 5.10 Å². The topological polar surface area (TPSA) is 116 Å². The van der Waals surface area contributed by atoms with Crippen molar-refractivity contribution in [1.82, 2.24) is 19.9 Å². The first kappa shape index (κ1) is 36.4. The lowest BCUT2D eigenvalue weighted by Gasteiger charge is -2.31. The lowest BCUT2D eigenvalue weighted by molar-refractivity contribution is 0.00690. The van der Waals surface area contributed by atoms with Gasteiger partial charge in [0.2, 0.25) is 0 Å². The minimum atomic E-state index is -0.867. The molecule has 1 amide bonds. The van der Waals surface area contributed by atoms with Crippen LogP contribution in [0.15, 0.2) is 42.5 Å². The number of aryl methyl sites for hydroxylation is 2. The van der Waals surface area contributed by atoms with Crippen molar-refractivity contribution in [1.29, 1.82) is 0 Å². The SMILES string of the molecule is Cc1c(C(O)c2ccc3c(c2)CN(C(=O)OC(C)(C)C)CC3)ccc2c1nnn2CCCCOc1cc(Cl)c(C(=O)OC(C)(C)C)c(Cl)c1. The van der Waals surface area contributed by atoms with E-state index in [0.29, 0.717) is 32.0 Å². The van der Waals surface area contributed by atoms with E-state index < -0.39 is 23.3 Å². The molecule has 1 aliphatic heterocycles. The number of benzene rings is 3. The van der Waals surface area contributed by atoms with Gasteiger partial charge in [-0.1, -0.05) is 52.7 Å². The quantitative estimate of drug-likeness (QED) is 0.136. The Morgan fingerprint density at radius 2 is 1.63 bits per heavy atom. The molecule has 0 saturated heterocycles. The molecule has 0 saturated carbocycles. The molecule has 0 spiro atoms. The predicted octanol–water partition coefficient (Wildman–Crippen LogP) is 8.24. The minimum absolute atomic E-state index is 0.115. The number of esters is 1. The fraction of sp³-hybridized carbons (Fsp3) is 0.459. The molecular weight excluding hydrogens is 667 g/mol. The first-order valence-electron chi connectivity index (χ1n) is 16.5. The van der Waals surface area contributed by atoms with Gasteiger partial charge in [0.25, 0.3) is 0 Å². The molecule has 3 aromatic carbocycles. The van der Waals surface area contributed by atoms with E-state index in [4.69, 9.17) is 37.4 Å². The van der Waals surface area contributed by atoms with Crippen molar-refractivity contribution in [3.8, 4) is 5.75 Å². The van der Waals surface area contributed by atoms with Crippen LogP contribution in [0.3, 0.4) is 0 Å². The molecule has 4 aromatic rings. The molecule has 0 aliphatic carbocycles. The van der Waals surface area contributed by atoms with Gasteiger partial charge in [0.05, 0.1) is 27.7 Å². The van der Waals surface area contributed by atoms with Crippen molar-refractivity contribution in [3.63, 3.8) is 0 Å². The molecule has 1 aromatic heterocycles. The highest BCUT2D eigenvalue weighted by atomic mass is 35.5. The van der Waals surface area contributed by atoms with Crippen molar-refractivity contribution in [2.24, 2.45) is 0 Å². The third-order valence-electron chi connectivity index (χ3n) is 8.14. The van der Waals surface area contributed by atoms with Crippen LogP contribution < -0.4 is 4.74 Å². The number of unbranched alkanes of at least 4 members (excludes halogenated alkanes) is 1. The van der Waals surface area contributed by atoms with Crippen LogP contribution in [0.25, 0.3) is 11.0 Å². The number of aromatic nitrogens is 3. The van der Waals surface area contributed by atoms with E-state index in [9.17, 15) is 14.7 Å². The Balaban J connectivity index is 1.19. The van der Waals surface area contributed by atoms with Gasteiger partial charge in [0.15, 0.2) is 0 Å². The zero-order valence-corrected chi connectivity index (χ0v) is 30.6. The number of hydrogen-bond donors (Lipinski definition) is 1. The number of aliphatic hydroxyl groups excluding tert-OH is 1. The van der Waals surface area contributed by atoms with Gasteiger partial charge in [-0.2, -0.15) is 0 Å². The smallest absolute Gasteiger partial charge is 0.410 e. The number of rotatable bonds is 9. The van der Waals surface area contributed by atoms with E-state index >= 15 is 0 Å². The Morgan fingerprint density at radius 3 is 2.31 bits per heavy atom. The second kappa shape index (κ2) is 14.5. The monoisotopic (exact) mass is 710 g/mol. The molecule has 0 bridgehead atoms. The third-order valence-corrected chi connectivity index (χ3v) is 8.73. The van der Waals surface area contributed by atoms with Gasteiger partial charge >= 0.3 is 12.1 Å². The van der Waals surface area contributed by atoms with Crippen molar-refractivity contribution in [2.75, 3.05) is 13.2 Å². The third kappa shape index (κ3) is 8.84. The summed E-state index contributed by atoms with van der Waals surface area (Å²) < 4.78 is 18.7. The van der Waals surface area contributed by atoms with Crippen LogP contribution in [0.2, 0.25) is 10.0 Å². The summed E-state index contributed by atoms with van der Waals surface area (Å²) in [6, 6.07) is 13.0. The Kier molecular flexibility index (Phi) is 10.8. The number of carbonyl (C=O) groups excluding carboxylic acids is 2. The van der Waals surface area contributed by atoms with Crippen LogP contribution in [0.5, 0.6) is 5.75 Å². The molecule has 2 heterocycles. The minimum Gasteiger partial charge on any atom is -0.493 e. The first-order valence-corrected chi connectivity index (χ1v) is 17.2. The van der Waals surface area contributed by atoms with Crippen LogP contribution in [0.4, 0.5) is 4.79 Å². The molecule has 1 unspecified atom stereocenters. The maximum absolute atomic E-state index is 12.7. The second-order valence-corrected chi connectivity index (χ2v) is 15.2. The zero-order chi connectivity index (χ0) is 35.7. The van der Waals surface area contributed by atoms with Gasteiger partial charge in [0, 0.05) is 19.6 Å². The summed E-state index contributed by atoms with van der Waals surface area (Å²) in [5.41, 5.74) is 5.03. The average molecular weight is 712 g/mol. The number of aliphatic hydroxyl groups is 1. The largest absolute Gasteiger partial charge is 0.493 e. The summed E-state index contributed by atoms with van der Waals surface area (Å²) in [4.78, 5) is 26.9. The number of halogens is 2. The molecule has 10 nitrogen and oxygen atoms in total. The number of nitrogens with zero attached hydrogens (tertiary/aromatic N) is 4. The van der Waals surface area contributed by atoms with E-state index in [0.717, 1.165) is 52.5 Å². The number of amides is 1. The zero-order valence-electron chi connectivity index (χ0n) is 29.1. The summed E-state index contributed by atoms with van der Waals surface area (Å²) in [5.74, 6) is -0.118. The van der Waals surface area contributed by atoms with Crippen molar-refractivity contribution in [2.45, 2.75) is 98.1 Å². The second-order valence-electron chi connectivity index (χ2n) is 14.4. The summed E-state index contributed by atoms with van der Waals surface area (Å²) >= 11 is 12.7. The summed E-state index contributed by atoms with van der Waals surface area (Å²) in [6.07, 6.45) is 1.03. The highest BCUT2D eigenvalue weighted by Gasteiger charge is 2.27. The molecule has 1 N–H and O–H groups in total. The van der Waals surface area contributed by atoms with Gasteiger partial charge in [-0.3, -0.25) is 0 Å². The van der Waals surface area contributed by atoms with Crippen LogP contribution in [0.1, 0.15) is 98.7 Å². The molecule has 262 valence electrons. The Labute approximate surface area is 297 Å². The van der Waals surface area contributed by atoms with Crippen LogP contribution in [-0.2, 0) is 29.0 Å². The number of fused-ring (bicyclic) bond motifs is 2. The summed E-state index contributed by atoms with van der Waals surface area (Å²) in [7, 11) is 0. The normalized spacial score (nSPS) is 14.0. The molecule has 1 aliphatic rings. The molecule has 12 heteroatoms. The van der Waals surface area contributed by atoms with Gasteiger partial charge in [-0.05, 0) is 114 Å². The number of hydrogen-bond acceptors (Lipinski definition) is 8. The summed E-state index contributed by atoms with van der Waals surface area (Å²) in [5, 5.41) is 20.6. The Bertz CT molecular complexity index is 1840. The first-order chi connectivity index (χ1) is 23.0. The Morgan fingerprint density at radius 1 is 0.939 bits per heavy atom. The van der Waals surface area contributed by atoms with Gasteiger partial charge in [-0.25, -0.2) is 14.3 Å². The van der Waals surface area contributed by atoms with Crippen LogP contribution in [-0.4, -0.2) is 61.4 Å². The van der Waals surface area contributed by atoms with Crippen molar-refractivity contribution < 1.29 is 28.9 Å². The lowest BCUT2D eigenvalue weighted by Crippen LogP contribution is -2.39. The van der Waals surface area contributed by atoms with Gasteiger partial charge in [0.1, 0.15) is 28.6 Å². The standard InChI is InChI=1S/C37H44Cl2N4O6/c1-22-27(33(44)24-11-10-23-14-16-42(21-25(23)18-24)35(46)49-37(5,6)7)12-13-30-32(22)40-41-43(30)15-8-9-17-47-26-19-28(38)31(29(39)20-26)34(45)48-36(2,3)4/h10-13,18-20,33,44H,8-9,14-17,21H2,1-7H3. The molecule has 5 rings (SSSR count). The van der Waals surface area contributed by atoms with Crippen LogP contribution in [0, 0.1) is 6.92 Å². The van der Waals surface area contributed by atoms with Crippen LogP contribution >= 0.6 is 23.2 Å². The predicted molar refractivity (Wildman–Crippen MR) is 189 cm³/mol. The number of carbonyl (C=O) groups is 2. The maximum Gasteiger partial charge on any atom is 0.410 e. The number of ether oxygens (including phenoxy) is 3. The Hall–Kier alpha value is -3.86. The van der Waals surface area contributed by atoms with E-state index in [2.05, 4.69) is 10.3 Å². The lowest BCUT2D eigenvalue weighted by atomic mass is 9.92. The summed E-state index contributed by atoms with van der Waals surface area (Å²) in [6.45, 7) is 14.9.